The van der Waals surface area contributed by atoms with Gasteiger partial charge >= 0.3 is 5.97 Å². The van der Waals surface area contributed by atoms with Crippen LogP contribution in [0.5, 0.6) is 0 Å². The normalized spacial score (nSPS) is 12.3. The fourth-order valence-corrected chi connectivity index (χ4v) is 0.553. The molecule has 0 N–H and O–H groups in total. The second-order valence-corrected chi connectivity index (χ2v) is 2.70. The van der Waals surface area contributed by atoms with Gasteiger partial charge in [-0.1, -0.05) is 0 Å². The lowest BCUT2D eigenvalue weighted by molar-refractivity contribution is -0.146. The molecule has 1 atom stereocenters. The highest BCUT2D eigenvalue weighted by atomic mass is 32.1. The molecule has 0 aromatic rings. The van der Waals surface area contributed by atoms with Crippen LogP contribution >= 0.6 is 12.6 Å². The lowest BCUT2D eigenvalue weighted by atomic mass is 10.3. The molecule has 0 aromatic carbocycles. The second-order valence-electron chi connectivity index (χ2n) is 1.97. The van der Waals surface area contributed by atoms with Crippen LogP contribution in [0.15, 0.2) is 0 Å². The number of hydrogen-bond acceptors (Lipinski definition) is 4. The molecule has 1 unspecified atom stereocenters. The molecule has 0 saturated heterocycles. The zero-order chi connectivity index (χ0) is 8.15. The van der Waals surface area contributed by atoms with Crippen LogP contribution in [0.25, 0.3) is 0 Å². The molecule has 0 aromatic heterocycles. The van der Waals surface area contributed by atoms with E-state index in [0.717, 1.165) is 0 Å². The van der Waals surface area contributed by atoms with E-state index in [-0.39, 0.29) is 12.2 Å². The predicted octanol–water partition coefficient (Wildman–Crippen LogP) is 0.784. The van der Waals surface area contributed by atoms with E-state index in [4.69, 9.17) is 0 Å². The molecule has 0 radical (unpaired) electrons. The van der Waals surface area contributed by atoms with Gasteiger partial charge in [0.1, 0.15) is 17.6 Å². The molecule has 10 heavy (non-hydrogen) atoms. The third-order valence-electron chi connectivity index (χ3n) is 0.695. The molecule has 58 valence electrons. The van der Waals surface area contributed by atoms with Gasteiger partial charge in [0, 0.05) is 0 Å². The summed E-state index contributed by atoms with van der Waals surface area (Å²) in [5, 5.41) is 0. The Morgan fingerprint density at radius 3 is 2.40 bits per heavy atom. The van der Waals surface area contributed by atoms with Crippen LogP contribution < -0.4 is 0 Å². The summed E-state index contributed by atoms with van der Waals surface area (Å²) in [6.45, 7) is 2.95. The van der Waals surface area contributed by atoms with E-state index in [1.165, 1.54) is 6.92 Å². The van der Waals surface area contributed by atoms with Crippen molar-refractivity contribution in [3.05, 3.63) is 0 Å². The van der Waals surface area contributed by atoms with Crippen LogP contribution in [-0.2, 0) is 14.3 Å². The molecule has 0 saturated carbocycles. The van der Waals surface area contributed by atoms with Crippen molar-refractivity contribution < 1.29 is 14.3 Å². The van der Waals surface area contributed by atoms with E-state index in [0.29, 0.717) is 0 Å². The number of esters is 1. The fraction of sp³-hybridized carbons (Fsp3) is 0.667. The summed E-state index contributed by atoms with van der Waals surface area (Å²) in [6, 6.07) is 0. The maximum absolute atomic E-state index is 10.6. The van der Waals surface area contributed by atoms with E-state index in [2.05, 4.69) is 17.4 Å². The van der Waals surface area contributed by atoms with Crippen LogP contribution in [0, 0.1) is 0 Å². The lowest BCUT2D eigenvalue weighted by Gasteiger charge is -2.04. The monoisotopic (exact) mass is 162 g/mol. The molecule has 0 aliphatic heterocycles. The van der Waals surface area contributed by atoms with Gasteiger partial charge in [0.05, 0.1) is 0 Å². The Bertz CT molecular complexity index is 142. The molecule has 0 rings (SSSR count). The van der Waals surface area contributed by atoms with Gasteiger partial charge in [-0.3, -0.25) is 9.59 Å². The first-order valence-electron chi connectivity index (χ1n) is 2.89. The topological polar surface area (TPSA) is 43.4 Å². The maximum Gasteiger partial charge on any atom is 0.314 e. The summed E-state index contributed by atoms with van der Waals surface area (Å²) >= 11 is 3.81. The smallest absolute Gasteiger partial charge is 0.314 e. The SMILES string of the molecule is CC(=O)CC(=O)OC(C)S. The van der Waals surface area contributed by atoms with E-state index < -0.39 is 11.4 Å². The van der Waals surface area contributed by atoms with Crippen molar-refractivity contribution in [3.8, 4) is 0 Å². The summed E-state index contributed by atoms with van der Waals surface area (Å²) in [5.41, 5.74) is -0.438. The average Bonchev–Trinajstić information content (AvgIpc) is 1.58. The Kier molecular flexibility index (Phi) is 4.11. The van der Waals surface area contributed by atoms with Crippen LogP contribution in [-0.4, -0.2) is 17.2 Å². The Labute approximate surface area is 65.2 Å². The average molecular weight is 162 g/mol. The van der Waals surface area contributed by atoms with E-state index in [1.54, 1.807) is 6.92 Å². The number of carbonyl (C=O) groups excluding carboxylic acids is 2. The zero-order valence-electron chi connectivity index (χ0n) is 5.96. The third kappa shape index (κ3) is 5.62. The quantitative estimate of drug-likeness (QED) is 0.289. The zero-order valence-corrected chi connectivity index (χ0v) is 6.85. The van der Waals surface area contributed by atoms with Gasteiger partial charge in [0.15, 0.2) is 0 Å². The Balaban J connectivity index is 3.54. The maximum atomic E-state index is 10.6. The number of ether oxygens (including phenoxy) is 1. The van der Waals surface area contributed by atoms with Crippen LogP contribution in [0.2, 0.25) is 0 Å². The molecule has 4 heteroatoms. The van der Waals surface area contributed by atoms with Crippen molar-refractivity contribution in [1.29, 1.82) is 0 Å². The molecule has 0 heterocycles. The molecular weight excluding hydrogens is 152 g/mol. The van der Waals surface area contributed by atoms with Gasteiger partial charge in [-0.25, -0.2) is 0 Å². The highest BCUT2D eigenvalue weighted by Crippen LogP contribution is 1.97. The molecule has 0 bridgehead atoms. The van der Waals surface area contributed by atoms with Crippen molar-refractivity contribution in [2.45, 2.75) is 25.7 Å². The van der Waals surface area contributed by atoms with Gasteiger partial charge in [-0.2, -0.15) is 0 Å². The van der Waals surface area contributed by atoms with Crippen molar-refractivity contribution in [2.24, 2.45) is 0 Å². The minimum atomic E-state index is -0.519. The molecule has 0 spiro atoms. The van der Waals surface area contributed by atoms with Crippen LogP contribution in [0.4, 0.5) is 0 Å². The minimum absolute atomic E-state index is 0.162. The number of carbonyl (C=O) groups is 2. The van der Waals surface area contributed by atoms with Crippen LogP contribution in [0.1, 0.15) is 20.3 Å². The Morgan fingerprint density at radius 1 is 1.60 bits per heavy atom. The molecule has 0 fully saturated rings. The summed E-state index contributed by atoms with van der Waals surface area (Å²) < 4.78 is 4.57. The van der Waals surface area contributed by atoms with Crippen molar-refractivity contribution in [3.63, 3.8) is 0 Å². The molecule has 0 aliphatic rings. The first kappa shape index (κ1) is 9.49. The van der Waals surface area contributed by atoms with Gasteiger partial charge in [0.25, 0.3) is 0 Å². The second kappa shape index (κ2) is 4.33. The number of Topliss-reactive ketones (excluding diaryl/α,β-unsaturated/α-hetero) is 1. The van der Waals surface area contributed by atoms with Crippen molar-refractivity contribution >= 4 is 24.4 Å². The van der Waals surface area contributed by atoms with Crippen LogP contribution in [0.3, 0.4) is 0 Å². The minimum Gasteiger partial charge on any atom is -0.452 e. The first-order valence-corrected chi connectivity index (χ1v) is 3.41. The van der Waals surface area contributed by atoms with Gasteiger partial charge in [-0.05, 0) is 13.8 Å². The van der Waals surface area contributed by atoms with E-state index in [1.807, 2.05) is 0 Å². The number of rotatable bonds is 3. The molecule has 0 amide bonds. The predicted molar refractivity (Wildman–Crippen MR) is 39.8 cm³/mol. The summed E-state index contributed by atoms with van der Waals surface area (Å²) in [5.74, 6) is -0.714. The van der Waals surface area contributed by atoms with Crippen molar-refractivity contribution in [2.75, 3.05) is 0 Å². The number of thiol groups is 1. The number of ketones is 1. The van der Waals surface area contributed by atoms with Gasteiger partial charge in [0.2, 0.25) is 0 Å². The summed E-state index contributed by atoms with van der Waals surface area (Å²) in [7, 11) is 0. The highest BCUT2D eigenvalue weighted by molar-refractivity contribution is 7.80. The first-order chi connectivity index (χ1) is 4.52. The van der Waals surface area contributed by atoms with Gasteiger partial charge in [-0.15, -0.1) is 12.6 Å². The Hall–Kier alpha value is -0.510. The van der Waals surface area contributed by atoms with Gasteiger partial charge < -0.3 is 4.74 Å². The molecule has 3 nitrogen and oxygen atoms in total. The summed E-state index contributed by atoms with van der Waals surface area (Å²) in [6.07, 6.45) is -0.162. The molecular formula is C6H10O3S. The highest BCUT2D eigenvalue weighted by Gasteiger charge is 2.07. The number of hydrogen-bond donors (Lipinski definition) is 1. The standard InChI is InChI=1S/C6H10O3S/c1-4(7)3-6(8)9-5(2)10/h5,10H,3H2,1-2H3. The molecule has 0 aliphatic carbocycles. The summed E-state index contributed by atoms with van der Waals surface area (Å²) in [4.78, 5) is 20.9. The largest absolute Gasteiger partial charge is 0.452 e. The third-order valence-corrected chi connectivity index (χ3v) is 0.801. The van der Waals surface area contributed by atoms with E-state index in [9.17, 15) is 9.59 Å². The Morgan fingerprint density at radius 2 is 2.10 bits per heavy atom. The lowest BCUT2D eigenvalue weighted by Crippen LogP contribution is -2.12. The van der Waals surface area contributed by atoms with E-state index >= 15 is 0 Å². The fourth-order valence-electron chi connectivity index (χ4n) is 0.435. The van der Waals surface area contributed by atoms with Crippen molar-refractivity contribution in [1.82, 2.24) is 0 Å².